The lowest BCUT2D eigenvalue weighted by Gasteiger charge is -2.29. The second-order valence-electron chi connectivity index (χ2n) is 3.20. The monoisotopic (exact) mass is 259 g/mol. The summed E-state index contributed by atoms with van der Waals surface area (Å²) in [5.41, 5.74) is 1.04. The molecular weight excluding hydrogens is 249 g/mol. The number of morpholine rings is 1. The van der Waals surface area contributed by atoms with Crippen LogP contribution < -0.4 is 4.90 Å². The zero-order valence-electron chi connectivity index (χ0n) is 7.67. The molecule has 1 aromatic carbocycles. The van der Waals surface area contributed by atoms with Crippen LogP contribution in [0.5, 0.6) is 0 Å². The maximum absolute atomic E-state index is 12.8. The van der Waals surface area contributed by atoms with Gasteiger partial charge in [0.25, 0.3) is 0 Å². The van der Waals surface area contributed by atoms with E-state index in [1.54, 1.807) is 6.07 Å². The summed E-state index contributed by atoms with van der Waals surface area (Å²) < 4.78 is 18.9. The first-order valence-electron chi connectivity index (χ1n) is 4.55. The smallest absolute Gasteiger partial charge is 0.124 e. The normalized spacial score (nSPS) is 17.1. The Labute approximate surface area is 90.8 Å². The van der Waals surface area contributed by atoms with Crippen LogP contribution in [-0.4, -0.2) is 26.3 Å². The lowest BCUT2D eigenvalue weighted by molar-refractivity contribution is 0.122. The van der Waals surface area contributed by atoms with Crippen LogP contribution >= 0.6 is 15.9 Å². The summed E-state index contributed by atoms with van der Waals surface area (Å²) >= 11 is 3.36. The van der Waals surface area contributed by atoms with Crippen LogP contribution in [0.3, 0.4) is 0 Å². The van der Waals surface area contributed by atoms with Gasteiger partial charge in [-0.15, -0.1) is 0 Å². The lowest BCUT2D eigenvalue weighted by Crippen LogP contribution is -2.36. The number of hydrogen-bond acceptors (Lipinski definition) is 2. The van der Waals surface area contributed by atoms with Crippen LogP contribution in [0.15, 0.2) is 22.7 Å². The van der Waals surface area contributed by atoms with E-state index < -0.39 is 0 Å². The van der Waals surface area contributed by atoms with Crippen molar-refractivity contribution >= 4 is 21.6 Å². The van der Waals surface area contributed by atoms with Crippen molar-refractivity contribution in [2.24, 2.45) is 0 Å². The molecule has 1 saturated heterocycles. The van der Waals surface area contributed by atoms with Gasteiger partial charge in [-0.3, -0.25) is 0 Å². The molecule has 0 radical (unpaired) electrons. The maximum Gasteiger partial charge on any atom is 0.124 e. The molecule has 0 unspecified atom stereocenters. The summed E-state index contributed by atoms with van der Waals surface area (Å²) in [6.07, 6.45) is 0. The standard InChI is InChI=1S/C10H11BrFNO/c11-9-7-8(12)1-2-10(9)13-3-5-14-6-4-13/h1-2,7H,3-6H2. The Morgan fingerprint density at radius 3 is 2.64 bits per heavy atom. The van der Waals surface area contributed by atoms with Crippen molar-refractivity contribution in [2.45, 2.75) is 0 Å². The minimum Gasteiger partial charge on any atom is -0.378 e. The predicted octanol–water partition coefficient (Wildman–Crippen LogP) is 2.42. The molecule has 14 heavy (non-hydrogen) atoms. The molecule has 0 saturated carbocycles. The summed E-state index contributed by atoms with van der Waals surface area (Å²) in [5.74, 6) is -0.214. The highest BCUT2D eigenvalue weighted by molar-refractivity contribution is 9.10. The molecule has 2 rings (SSSR count). The third kappa shape index (κ3) is 2.07. The van der Waals surface area contributed by atoms with Crippen LogP contribution in [0.25, 0.3) is 0 Å². The zero-order valence-corrected chi connectivity index (χ0v) is 9.26. The molecule has 1 aliphatic rings. The fourth-order valence-electron chi connectivity index (χ4n) is 1.54. The van der Waals surface area contributed by atoms with Gasteiger partial charge in [-0.05, 0) is 34.1 Å². The van der Waals surface area contributed by atoms with Crippen molar-refractivity contribution in [1.82, 2.24) is 0 Å². The number of nitrogens with zero attached hydrogens (tertiary/aromatic N) is 1. The first-order chi connectivity index (χ1) is 6.77. The van der Waals surface area contributed by atoms with Crippen molar-refractivity contribution in [2.75, 3.05) is 31.2 Å². The van der Waals surface area contributed by atoms with Gasteiger partial charge < -0.3 is 9.64 Å². The Bertz CT molecular complexity index is 326. The van der Waals surface area contributed by atoms with Crippen LogP contribution in [0.2, 0.25) is 0 Å². The highest BCUT2D eigenvalue weighted by atomic mass is 79.9. The van der Waals surface area contributed by atoms with Crippen LogP contribution in [0.1, 0.15) is 0 Å². The fraction of sp³-hybridized carbons (Fsp3) is 0.400. The van der Waals surface area contributed by atoms with Gasteiger partial charge in [-0.2, -0.15) is 0 Å². The van der Waals surface area contributed by atoms with Crippen LogP contribution in [-0.2, 0) is 4.74 Å². The van der Waals surface area contributed by atoms with Crippen molar-refractivity contribution in [1.29, 1.82) is 0 Å². The molecule has 76 valence electrons. The van der Waals surface area contributed by atoms with Crippen molar-refractivity contribution in [3.63, 3.8) is 0 Å². The molecule has 0 N–H and O–H groups in total. The number of ether oxygens (including phenoxy) is 1. The summed E-state index contributed by atoms with van der Waals surface area (Å²) in [6.45, 7) is 3.21. The Hall–Kier alpha value is -0.610. The van der Waals surface area contributed by atoms with E-state index in [0.717, 1.165) is 36.5 Å². The molecule has 1 aliphatic heterocycles. The summed E-state index contributed by atoms with van der Waals surface area (Å²) in [7, 11) is 0. The third-order valence-electron chi connectivity index (χ3n) is 2.26. The van der Waals surface area contributed by atoms with E-state index in [1.165, 1.54) is 12.1 Å². The molecule has 4 heteroatoms. The third-order valence-corrected chi connectivity index (χ3v) is 2.90. The Morgan fingerprint density at radius 1 is 1.29 bits per heavy atom. The molecule has 1 heterocycles. The van der Waals surface area contributed by atoms with E-state index in [2.05, 4.69) is 20.8 Å². The van der Waals surface area contributed by atoms with Gasteiger partial charge in [0, 0.05) is 17.6 Å². The zero-order chi connectivity index (χ0) is 9.97. The average Bonchev–Trinajstić information content (AvgIpc) is 2.19. The van der Waals surface area contributed by atoms with E-state index in [-0.39, 0.29) is 5.82 Å². The maximum atomic E-state index is 12.8. The quantitative estimate of drug-likeness (QED) is 0.768. The predicted molar refractivity (Wildman–Crippen MR) is 57.1 cm³/mol. The van der Waals surface area contributed by atoms with Crippen LogP contribution in [0.4, 0.5) is 10.1 Å². The van der Waals surface area contributed by atoms with Crippen molar-refractivity contribution in [3.8, 4) is 0 Å². The molecule has 1 fully saturated rings. The first-order valence-corrected chi connectivity index (χ1v) is 5.34. The second kappa shape index (κ2) is 4.28. The Morgan fingerprint density at radius 2 is 2.00 bits per heavy atom. The van der Waals surface area contributed by atoms with Gasteiger partial charge in [0.1, 0.15) is 5.82 Å². The van der Waals surface area contributed by atoms with E-state index >= 15 is 0 Å². The SMILES string of the molecule is Fc1ccc(N2CCOCC2)c(Br)c1. The lowest BCUT2D eigenvalue weighted by atomic mass is 10.2. The first kappa shape index (κ1) is 9.93. The second-order valence-corrected chi connectivity index (χ2v) is 4.05. The minimum absolute atomic E-state index is 0.214. The Balaban J connectivity index is 2.22. The fourth-order valence-corrected chi connectivity index (χ4v) is 2.14. The van der Waals surface area contributed by atoms with Crippen LogP contribution in [0, 0.1) is 5.82 Å². The molecule has 1 aromatic rings. The van der Waals surface area contributed by atoms with E-state index in [1.807, 2.05) is 0 Å². The molecule has 0 aromatic heterocycles. The molecular formula is C10H11BrFNO. The summed E-state index contributed by atoms with van der Waals surface area (Å²) in [6, 6.07) is 4.77. The highest BCUT2D eigenvalue weighted by Crippen LogP contribution is 2.27. The molecule has 2 nitrogen and oxygen atoms in total. The van der Waals surface area contributed by atoms with E-state index in [0.29, 0.717) is 0 Å². The number of anilines is 1. The number of hydrogen-bond donors (Lipinski definition) is 0. The molecule has 0 aliphatic carbocycles. The highest BCUT2D eigenvalue weighted by Gasteiger charge is 2.13. The molecule has 0 spiro atoms. The largest absolute Gasteiger partial charge is 0.378 e. The van der Waals surface area contributed by atoms with Gasteiger partial charge in [0.15, 0.2) is 0 Å². The van der Waals surface area contributed by atoms with Crippen molar-refractivity contribution < 1.29 is 9.13 Å². The van der Waals surface area contributed by atoms with Gasteiger partial charge in [0.05, 0.1) is 18.9 Å². The Kier molecular flexibility index (Phi) is 3.03. The van der Waals surface area contributed by atoms with Crippen molar-refractivity contribution in [3.05, 3.63) is 28.5 Å². The van der Waals surface area contributed by atoms with E-state index in [4.69, 9.17) is 4.74 Å². The minimum atomic E-state index is -0.214. The average molecular weight is 260 g/mol. The van der Waals surface area contributed by atoms with E-state index in [9.17, 15) is 4.39 Å². The van der Waals surface area contributed by atoms with Gasteiger partial charge >= 0.3 is 0 Å². The number of halogens is 2. The summed E-state index contributed by atoms with van der Waals surface area (Å²) in [4.78, 5) is 2.19. The molecule has 0 atom stereocenters. The molecule has 0 bridgehead atoms. The van der Waals surface area contributed by atoms with Gasteiger partial charge in [0.2, 0.25) is 0 Å². The van der Waals surface area contributed by atoms with Gasteiger partial charge in [-0.1, -0.05) is 0 Å². The van der Waals surface area contributed by atoms with Gasteiger partial charge in [-0.25, -0.2) is 4.39 Å². The summed E-state index contributed by atoms with van der Waals surface area (Å²) in [5, 5.41) is 0. The topological polar surface area (TPSA) is 12.5 Å². The molecule has 0 amide bonds. The number of benzene rings is 1. The number of rotatable bonds is 1.